The molecule has 0 aliphatic carbocycles. The van der Waals surface area contributed by atoms with E-state index in [0.717, 1.165) is 16.6 Å². The van der Waals surface area contributed by atoms with Crippen LogP contribution in [0.4, 0.5) is 4.39 Å². The van der Waals surface area contributed by atoms with Crippen molar-refractivity contribution in [3.05, 3.63) is 90.3 Å². The van der Waals surface area contributed by atoms with Gasteiger partial charge in [0.2, 0.25) is 0 Å². The summed E-state index contributed by atoms with van der Waals surface area (Å²) in [6.45, 7) is 0. The molecule has 2 aromatic carbocycles. The Bertz CT molecular complexity index is 995. The fraction of sp³-hybridized carbons (Fsp3) is 0.0526. The van der Waals surface area contributed by atoms with E-state index in [4.69, 9.17) is 10.7 Å². The molecule has 0 saturated carbocycles. The number of para-hydroxylation sites is 2. The number of rotatable bonds is 3. The van der Waals surface area contributed by atoms with Crippen LogP contribution in [-0.4, -0.2) is 14.5 Å². The maximum absolute atomic E-state index is 13.7. The minimum Gasteiger partial charge on any atom is -0.318 e. The third-order valence-electron chi connectivity index (χ3n) is 4.00. The van der Waals surface area contributed by atoms with Gasteiger partial charge in [0.05, 0.1) is 22.8 Å². The number of hydrogen-bond acceptors (Lipinski definition) is 3. The maximum Gasteiger partial charge on any atom is 0.136 e. The number of hydrogen-bond donors (Lipinski definition) is 1. The topological polar surface area (TPSA) is 56.7 Å². The van der Waals surface area contributed by atoms with Crippen LogP contribution in [0.15, 0.2) is 73.1 Å². The summed E-state index contributed by atoms with van der Waals surface area (Å²) in [5.74, 6) is 0.363. The normalized spacial score (nSPS) is 12.4. The second-order valence-electron chi connectivity index (χ2n) is 5.53. The zero-order chi connectivity index (χ0) is 16.5. The summed E-state index contributed by atoms with van der Waals surface area (Å²) in [5.41, 5.74) is 9.76. The molecule has 24 heavy (non-hydrogen) atoms. The summed E-state index contributed by atoms with van der Waals surface area (Å²) in [5, 5.41) is 0. The standard InChI is InChI=1S/C19H15FN4/c20-14-4-3-5-15(12-14)24-17-7-2-1-6-16(17)23-19(24)18(21)13-8-10-22-11-9-13/h1-12,18H,21H2. The molecular weight excluding hydrogens is 303 g/mol. The van der Waals surface area contributed by atoms with E-state index in [1.165, 1.54) is 12.1 Å². The lowest BCUT2D eigenvalue weighted by Gasteiger charge is -2.15. The van der Waals surface area contributed by atoms with Gasteiger partial charge < -0.3 is 5.73 Å². The molecule has 0 amide bonds. The number of benzene rings is 2. The predicted octanol–water partition coefficient (Wildman–Crippen LogP) is 3.61. The van der Waals surface area contributed by atoms with Crippen LogP contribution in [0.5, 0.6) is 0 Å². The number of imidazole rings is 1. The SMILES string of the molecule is NC(c1ccncc1)c1nc2ccccc2n1-c1cccc(F)c1. The third kappa shape index (κ3) is 2.45. The zero-order valence-corrected chi connectivity index (χ0v) is 12.8. The summed E-state index contributed by atoms with van der Waals surface area (Å²) in [6.07, 6.45) is 3.40. The van der Waals surface area contributed by atoms with E-state index in [1.54, 1.807) is 18.5 Å². The second kappa shape index (κ2) is 5.86. The number of halogens is 1. The highest BCUT2D eigenvalue weighted by atomic mass is 19.1. The molecule has 0 bridgehead atoms. The molecule has 1 unspecified atom stereocenters. The first-order valence-corrected chi connectivity index (χ1v) is 7.63. The molecule has 0 saturated heterocycles. The van der Waals surface area contributed by atoms with Crippen molar-refractivity contribution in [2.45, 2.75) is 6.04 Å². The number of fused-ring (bicyclic) bond motifs is 1. The van der Waals surface area contributed by atoms with Crippen LogP contribution in [0.25, 0.3) is 16.7 Å². The molecule has 0 fully saturated rings. The Labute approximate surface area is 138 Å². The van der Waals surface area contributed by atoms with Gasteiger partial charge >= 0.3 is 0 Å². The fourth-order valence-electron chi connectivity index (χ4n) is 2.86. The average molecular weight is 318 g/mol. The molecule has 1 atom stereocenters. The minimum absolute atomic E-state index is 0.297. The first kappa shape index (κ1) is 14.5. The van der Waals surface area contributed by atoms with Crippen LogP contribution in [0.3, 0.4) is 0 Å². The van der Waals surface area contributed by atoms with Gasteiger partial charge in [0.1, 0.15) is 11.6 Å². The highest BCUT2D eigenvalue weighted by Gasteiger charge is 2.19. The Hall–Kier alpha value is -3.05. The van der Waals surface area contributed by atoms with Crippen LogP contribution in [0, 0.1) is 5.82 Å². The van der Waals surface area contributed by atoms with Crippen molar-refractivity contribution < 1.29 is 4.39 Å². The molecule has 0 spiro atoms. The number of nitrogens with zero attached hydrogens (tertiary/aromatic N) is 3. The first-order chi connectivity index (χ1) is 11.7. The van der Waals surface area contributed by atoms with Gasteiger partial charge in [-0.05, 0) is 48.0 Å². The number of nitrogens with two attached hydrogens (primary N) is 1. The highest BCUT2D eigenvalue weighted by molar-refractivity contribution is 5.78. The molecule has 0 aliphatic rings. The van der Waals surface area contributed by atoms with E-state index < -0.39 is 6.04 Å². The van der Waals surface area contributed by atoms with Crippen molar-refractivity contribution in [2.75, 3.05) is 0 Å². The van der Waals surface area contributed by atoms with Crippen molar-refractivity contribution in [1.82, 2.24) is 14.5 Å². The van der Waals surface area contributed by atoms with E-state index >= 15 is 0 Å². The maximum atomic E-state index is 13.7. The monoisotopic (exact) mass is 318 g/mol. The van der Waals surface area contributed by atoms with Gasteiger partial charge in [0.15, 0.2) is 0 Å². The van der Waals surface area contributed by atoms with Crippen LogP contribution in [0.2, 0.25) is 0 Å². The van der Waals surface area contributed by atoms with E-state index in [2.05, 4.69) is 4.98 Å². The highest BCUT2D eigenvalue weighted by Crippen LogP contribution is 2.27. The molecule has 2 heterocycles. The molecule has 2 N–H and O–H groups in total. The van der Waals surface area contributed by atoms with Crippen LogP contribution < -0.4 is 5.73 Å². The minimum atomic E-state index is -0.441. The van der Waals surface area contributed by atoms with Gasteiger partial charge in [-0.1, -0.05) is 18.2 Å². The van der Waals surface area contributed by atoms with Gasteiger partial charge in [0.25, 0.3) is 0 Å². The Morgan fingerprint density at radius 1 is 0.958 bits per heavy atom. The summed E-state index contributed by atoms with van der Waals surface area (Å²) >= 11 is 0. The molecular formula is C19H15FN4. The fourth-order valence-corrected chi connectivity index (χ4v) is 2.86. The third-order valence-corrected chi connectivity index (χ3v) is 4.00. The van der Waals surface area contributed by atoms with Crippen LogP contribution in [-0.2, 0) is 0 Å². The summed E-state index contributed by atoms with van der Waals surface area (Å²) in [6, 6.07) is 17.4. The molecule has 0 radical (unpaired) electrons. The average Bonchev–Trinajstić information content (AvgIpc) is 3.01. The molecule has 4 nitrogen and oxygen atoms in total. The number of pyridine rings is 1. The quantitative estimate of drug-likeness (QED) is 0.628. The molecule has 0 aliphatic heterocycles. The smallest absolute Gasteiger partial charge is 0.136 e. The zero-order valence-electron chi connectivity index (χ0n) is 12.8. The van der Waals surface area contributed by atoms with Crippen molar-refractivity contribution in [2.24, 2.45) is 5.73 Å². The molecule has 4 aromatic rings. The van der Waals surface area contributed by atoms with E-state index in [1.807, 2.05) is 47.0 Å². The summed E-state index contributed by atoms with van der Waals surface area (Å²) < 4.78 is 15.6. The Kier molecular flexibility index (Phi) is 3.55. The summed E-state index contributed by atoms with van der Waals surface area (Å²) in [4.78, 5) is 8.71. The van der Waals surface area contributed by atoms with Crippen molar-refractivity contribution in [3.63, 3.8) is 0 Å². The molecule has 2 aromatic heterocycles. The second-order valence-corrected chi connectivity index (χ2v) is 5.53. The van der Waals surface area contributed by atoms with Gasteiger partial charge in [-0.2, -0.15) is 0 Å². The molecule has 4 rings (SSSR count). The Balaban J connectivity index is 1.97. The number of aromatic nitrogens is 3. The van der Waals surface area contributed by atoms with Gasteiger partial charge in [-0.3, -0.25) is 9.55 Å². The van der Waals surface area contributed by atoms with Crippen molar-refractivity contribution in [1.29, 1.82) is 0 Å². The predicted molar refractivity (Wildman–Crippen MR) is 91.3 cm³/mol. The van der Waals surface area contributed by atoms with E-state index in [9.17, 15) is 4.39 Å². The van der Waals surface area contributed by atoms with Crippen LogP contribution in [0.1, 0.15) is 17.4 Å². The van der Waals surface area contributed by atoms with Crippen LogP contribution >= 0.6 is 0 Å². The Morgan fingerprint density at radius 2 is 1.75 bits per heavy atom. The lowest BCUT2D eigenvalue weighted by Crippen LogP contribution is -2.17. The van der Waals surface area contributed by atoms with Gasteiger partial charge in [-0.15, -0.1) is 0 Å². The van der Waals surface area contributed by atoms with Crippen molar-refractivity contribution >= 4 is 11.0 Å². The molecule has 5 heteroatoms. The van der Waals surface area contributed by atoms with Gasteiger partial charge in [-0.25, -0.2) is 9.37 Å². The Morgan fingerprint density at radius 3 is 2.54 bits per heavy atom. The lowest BCUT2D eigenvalue weighted by atomic mass is 10.1. The lowest BCUT2D eigenvalue weighted by molar-refractivity contribution is 0.626. The van der Waals surface area contributed by atoms with E-state index in [0.29, 0.717) is 11.5 Å². The van der Waals surface area contributed by atoms with E-state index in [-0.39, 0.29) is 5.82 Å². The summed E-state index contributed by atoms with van der Waals surface area (Å²) in [7, 11) is 0. The van der Waals surface area contributed by atoms with Gasteiger partial charge in [0, 0.05) is 12.4 Å². The largest absolute Gasteiger partial charge is 0.318 e. The molecule has 118 valence electrons. The first-order valence-electron chi connectivity index (χ1n) is 7.63. The van der Waals surface area contributed by atoms with Crippen molar-refractivity contribution in [3.8, 4) is 5.69 Å².